The summed E-state index contributed by atoms with van der Waals surface area (Å²) in [7, 11) is 0. The van der Waals surface area contributed by atoms with Crippen molar-refractivity contribution in [1.29, 1.82) is 0 Å². The van der Waals surface area contributed by atoms with Gasteiger partial charge >= 0.3 is 0 Å². The Hall–Kier alpha value is -2.82. The molecule has 0 saturated heterocycles. The van der Waals surface area contributed by atoms with Gasteiger partial charge in [0.2, 0.25) is 5.91 Å². The number of carbonyl (C=O) groups is 2. The normalized spacial score (nSPS) is 15.0. The van der Waals surface area contributed by atoms with Crippen LogP contribution >= 0.6 is 0 Å². The molecule has 0 aromatic heterocycles. The monoisotopic (exact) mass is 450 g/mol. The molecule has 178 valence electrons. The molecule has 1 aliphatic rings. The average Bonchev–Trinajstić information content (AvgIpc) is 2.84. The Morgan fingerprint density at radius 3 is 2.36 bits per heavy atom. The molecule has 1 N–H and O–H groups in total. The number of hydrogen-bond donors (Lipinski definition) is 1. The topological polar surface area (TPSA) is 58.6 Å². The zero-order valence-electron chi connectivity index (χ0n) is 20.3. The minimum absolute atomic E-state index is 0.0568. The Morgan fingerprint density at radius 2 is 1.73 bits per heavy atom. The highest BCUT2D eigenvalue weighted by atomic mass is 16.5. The van der Waals surface area contributed by atoms with E-state index in [2.05, 4.69) is 12.2 Å². The molecule has 1 fully saturated rings. The van der Waals surface area contributed by atoms with Gasteiger partial charge in [0.1, 0.15) is 11.8 Å². The molecule has 0 heterocycles. The SMILES string of the molecule is CCc1ccc(OCC(=O)N(Cc2ccccc2C)[C@H](CC)C(=O)NC2CCCCC2)cc1. The summed E-state index contributed by atoms with van der Waals surface area (Å²) in [4.78, 5) is 28.3. The van der Waals surface area contributed by atoms with Gasteiger partial charge in [0.15, 0.2) is 6.61 Å². The van der Waals surface area contributed by atoms with Crippen LogP contribution in [-0.4, -0.2) is 35.4 Å². The Bertz CT molecular complexity index is 904. The first-order chi connectivity index (χ1) is 16.0. The summed E-state index contributed by atoms with van der Waals surface area (Å²) in [6, 6.07) is 15.5. The number of amides is 2. The molecule has 2 aromatic carbocycles. The van der Waals surface area contributed by atoms with E-state index in [1.807, 2.05) is 62.4 Å². The largest absolute Gasteiger partial charge is 0.484 e. The third-order valence-corrected chi connectivity index (χ3v) is 6.63. The molecular weight excluding hydrogens is 412 g/mol. The predicted octanol–water partition coefficient (Wildman–Crippen LogP) is 5.19. The Morgan fingerprint density at radius 1 is 1.03 bits per heavy atom. The maximum atomic E-state index is 13.4. The van der Waals surface area contributed by atoms with Crippen LogP contribution in [0.3, 0.4) is 0 Å². The van der Waals surface area contributed by atoms with Crippen molar-refractivity contribution in [2.75, 3.05) is 6.61 Å². The van der Waals surface area contributed by atoms with Gasteiger partial charge in [-0.1, -0.05) is 69.5 Å². The van der Waals surface area contributed by atoms with Crippen molar-refractivity contribution in [2.24, 2.45) is 0 Å². The van der Waals surface area contributed by atoms with Crippen molar-refractivity contribution in [1.82, 2.24) is 10.2 Å². The number of rotatable bonds is 10. The van der Waals surface area contributed by atoms with E-state index in [1.165, 1.54) is 12.0 Å². The van der Waals surface area contributed by atoms with E-state index in [0.29, 0.717) is 18.7 Å². The molecule has 0 radical (unpaired) electrons. The highest BCUT2D eigenvalue weighted by Gasteiger charge is 2.30. The lowest BCUT2D eigenvalue weighted by molar-refractivity contribution is -0.143. The van der Waals surface area contributed by atoms with E-state index in [-0.39, 0.29) is 24.5 Å². The molecule has 0 spiro atoms. The van der Waals surface area contributed by atoms with Crippen molar-refractivity contribution in [3.8, 4) is 5.75 Å². The molecule has 5 nitrogen and oxygen atoms in total. The van der Waals surface area contributed by atoms with E-state index in [9.17, 15) is 9.59 Å². The van der Waals surface area contributed by atoms with Crippen molar-refractivity contribution in [3.05, 3.63) is 65.2 Å². The molecule has 3 rings (SSSR count). The average molecular weight is 451 g/mol. The minimum atomic E-state index is -0.523. The van der Waals surface area contributed by atoms with Gasteiger partial charge in [0, 0.05) is 12.6 Å². The van der Waals surface area contributed by atoms with Crippen molar-refractivity contribution in [3.63, 3.8) is 0 Å². The summed E-state index contributed by atoms with van der Waals surface area (Å²) >= 11 is 0. The van der Waals surface area contributed by atoms with E-state index >= 15 is 0 Å². The van der Waals surface area contributed by atoms with Gasteiger partial charge < -0.3 is 15.0 Å². The standard InChI is InChI=1S/C28H38N2O3/c1-4-22-15-17-25(18-16-22)33-20-27(31)30(19-23-12-10-9-11-21(23)3)26(5-2)28(32)29-24-13-7-6-8-14-24/h9-12,15-18,24,26H,4-8,13-14,19-20H2,1-3H3,(H,29,32)/t26-/m1/s1. The fourth-order valence-corrected chi connectivity index (χ4v) is 4.48. The van der Waals surface area contributed by atoms with Crippen LogP contribution in [0.1, 0.15) is 69.1 Å². The van der Waals surface area contributed by atoms with Gasteiger partial charge in [-0.15, -0.1) is 0 Å². The summed E-state index contributed by atoms with van der Waals surface area (Å²) in [6.45, 7) is 6.40. The molecular formula is C28H38N2O3. The molecule has 5 heteroatoms. The Kier molecular flexibility index (Phi) is 9.35. The van der Waals surface area contributed by atoms with Gasteiger partial charge in [0.05, 0.1) is 0 Å². The first-order valence-corrected chi connectivity index (χ1v) is 12.4. The Labute approximate surface area is 198 Å². The number of nitrogens with one attached hydrogen (secondary N) is 1. The van der Waals surface area contributed by atoms with Crippen molar-refractivity contribution >= 4 is 11.8 Å². The molecule has 0 unspecified atom stereocenters. The minimum Gasteiger partial charge on any atom is -0.484 e. The number of hydrogen-bond acceptors (Lipinski definition) is 3. The van der Waals surface area contributed by atoms with Crippen molar-refractivity contribution in [2.45, 2.75) is 84.3 Å². The van der Waals surface area contributed by atoms with Crippen LogP contribution in [0.5, 0.6) is 5.75 Å². The van der Waals surface area contributed by atoms with Crippen LogP contribution in [0.15, 0.2) is 48.5 Å². The fraction of sp³-hybridized carbons (Fsp3) is 0.500. The maximum absolute atomic E-state index is 13.4. The summed E-state index contributed by atoms with van der Waals surface area (Å²) in [5, 5.41) is 3.22. The van der Waals surface area contributed by atoms with E-state index < -0.39 is 6.04 Å². The second-order valence-corrected chi connectivity index (χ2v) is 9.00. The van der Waals surface area contributed by atoms with Gasteiger partial charge in [0.25, 0.3) is 5.91 Å². The third-order valence-electron chi connectivity index (χ3n) is 6.63. The van der Waals surface area contributed by atoms with E-state index in [4.69, 9.17) is 4.74 Å². The quantitative estimate of drug-likeness (QED) is 0.542. The Balaban J connectivity index is 1.74. The second kappa shape index (κ2) is 12.4. The zero-order chi connectivity index (χ0) is 23.6. The second-order valence-electron chi connectivity index (χ2n) is 9.00. The van der Waals surface area contributed by atoms with Gasteiger partial charge in [-0.05, 0) is 61.4 Å². The summed E-state index contributed by atoms with van der Waals surface area (Å²) in [5.74, 6) is 0.429. The lowest BCUT2D eigenvalue weighted by Crippen LogP contribution is -2.52. The zero-order valence-corrected chi connectivity index (χ0v) is 20.3. The molecule has 0 aliphatic heterocycles. The van der Waals surface area contributed by atoms with Gasteiger partial charge in [-0.25, -0.2) is 0 Å². The number of carbonyl (C=O) groups excluding carboxylic acids is 2. The molecule has 1 saturated carbocycles. The first-order valence-electron chi connectivity index (χ1n) is 12.4. The number of aryl methyl sites for hydroxylation is 2. The summed E-state index contributed by atoms with van der Waals surface area (Å²) in [6.07, 6.45) is 7.09. The highest BCUT2D eigenvalue weighted by Crippen LogP contribution is 2.20. The summed E-state index contributed by atoms with van der Waals surface area (Å²) < 4.78 is 5.82. The molecule has 0 bridgehead atoms. The van der Waals surface area contributed by atoms with Crippen LogP contribution < -0.4 is 10.1 Å². The molecule has 2 amide bonds. The van der Waals surface area contributed by atoms with Crippen LogP contribution in [0.25, 0.3) is 0 Å². The molecule has 1 atom stereocenters. The molecule has 33 heavy (non-hydrogen) atoms. The van der Waals surface area contributed by atoms with Crippen LogP contribution in [0.4, 0.5) is 0 Å². The summed E-state index contributed by atoms with van der Waals surface area (Å²) in [5.41, 5.74) is 3.37. The number of ether oxygens (including phenoxy) is 1. The lowest BCUT2D eigenvalue weighted by atomic mass is 9.95. The smallest absolute Gasteiger partial charge is 0.261 e. The van der Waals surface area contributed by atoms with E-state index in [0.717, 1.165) is 43.2 Å². The van der Waals surface area contributed by atoms with Crippen LogP contribution in [0, 0.1) is 6.92 Å². The number of nitrogens with zero attached hydrogens (tertiary/aromatic N) is 1. The van der Waals surface area contributed by atoms with Crippen LogP contribution in [-0.2, 0) is 22.6 Å². The highest BCUT2D eigenvalue weighted by molar-refractivity contribution is 5.88. The fourth-order valence-electron chi connectivity index (χ4n) is 4.48. The van der Waals surface area contributed by atoms with Gasteiger partial charge in [-0.2, -0.15) is 0 Å². The maximum Gasteiger partial charge on any atom is 0.261 e. The molecule has 2 aromatic rings. The first kappa shape index (κ1) is 24.8. The van der Waals surface area contributed by atoms with Gasteiger partial charge in [-0.3, -0.25) is 9.59 Å². The third kappa shape index (κ3) is 7.08. The van der Waals surface area contributed by atoms with Crippen molar-refractivity contribution < 1.29 is 14.3 Å². The molecule has 1 aliphatic carbocycles. The van der Waals surface area contributed by atoms with Crippen LogP contribution in [0.2, 0.25) is 0 Å². The van der Waals surface area contributed by atoms with E-state index in [1.54, 1.807) is 4.90 Å². The predicted molar refractivity (Wildman–Crippen MR) is 132 cm³/mol. The number of benzene rings is 2. The lowest BCUT2D eigenvalue weighted by Gasteiger charge is -2.33.